The van der Waals surface area contributed by atoms with Crippen molar-refractivity contribution in [1.82, 2.24) is 0 Å². The molecule has 16 nitrogen and oxygen atoms in total. The summed E-state index contributed by atoms with van der Waals surface area (Å²) in [6, 6.07) is 6.38. The van der Waals surface area contributed by atoms with E-state index in [1.165, 1.54) is 24.3 Å². The fourth-order valence-electron chi connectivity index (χ4n) is 4.58. The Kier molecular flexibility index (Phi) is 8.17. The molecule has 2 aliphatic rings. The first-order chi connectivity index (χ1) is 19.9. The van der Waals surface area contributed by atoms with E-state index >= 15 is 0 Å². The molecule has 0 radical (unpaired) electrons. The van der Waals surface area contributed by atoms with Gasteiger partial charge in [-0.05, 0) is 24.3 Å². The molecule has 42 heavy (non-hydrogen) atoms. The molecular formula is C26H28O16. The van der Waals surface area contributed by atoms with E-state index in [1.54, 1.807) is 0 Å². The van der Waals surface area contributed by atoms with Crippen LogP contribution in [0.15, 0.2) is 39.5 Å². The minimum Gasteiger partial charge on any atom is -0.508 e. The van der Waals surface area contributed by atoms with E-state index in [9.17, 15) is 55.9 Å². The zero-order chi connectivity index (χ0) is 30.5. The van der Waals surface area contributed by atoms with Gasteiger partial charge < -0.3 is 74.4 Å². The third-order valence-corrected chi connectivity index (χ3v) is 6.96. The van der Waals surface area contributed by atoms with Gasteiger partial charge in [0.25, 0.3) is 0 Å². The second kappa shape index (κ2) is 11.5. The summed E-state index contributed by atoms with van der Waals surface area (Å²) in [6.45, 7) is -1.32. The highest BCUT2D eigenvalue weighted by Crippen LogP contribution is 2.51. The van der Waals surface area contributed by atoms with Crippen LogP contribution in [0.1, 0.15) is 0 Å². The van der Waals surface area contributed by atoms with Gasteiger partial charge in [0, 0.05) is 11.6 Å². The third kappa shape index (κ3) is 5.19. The van der Waals surface area contributed by atoms with Crippen molar-refractivity contribution < 1.29 is 74.4 Å². The van der Waals surface area contributed by atoms with Crippen LogP contribution in [0.5, 0.6) is 28.7 Å². The molecule has 0 bridgehead atoms. The Bertz CT molecular complexity index is 1490. The minimum absolute atomic E-state index is 0.0876. The number of ether oxygens (including phenoxy) is 4. The van der Waals surface area contributed by atoms with Crippen molar-refractivity contribution in [3.8, 4) is 40.1 Å². The normalized spacial score (nSPS) is 31.6. The molecule has 16 heteroatoms. The lowest BCUT2D eigenvalue weighted by Crippen LogP contribution is -2.60. The van der Waals surface area contributed by atoms with E-state index in [0.29, 0.717) is 0 Å². The summed E-state index contributed by atoms with van der Waals surface area (Å²) in [5.74, 6) is -3.99. The summed E-state index contributed by atoms with van der Waals surface area (Å²) < 4.78 is 27.3. The van der Waals surface area contributed by atoms with Crippen LogP contribution in [0.3, 0.4) is 0 Å². The van der Waals surface area contributed by atoms with E-state index in [0.717, 1.165) is 6.07 Å². The predicted octanol–water partition coefficient (Wildman–Crippen LogP) is -2.43. The molecule has 228 valence electrons. The summed E-state index contributed by atoms with van der Waals surface area (Å²) in [7, 11) is 0. The van der Waals surface area contributed by atoms with Crippen molar-refractivity contribution in [3.63, 3.8) is 0 Å². The summed E-state index contributed by atoms with van der Waals surface area (Å²) >= 11 is 0. The Morgan fingerprint density at radius 3 is 2.10 bits per heavy atom. The van der Waals surface area contributed by atoms with Crippen molar-refractivity contribution >= 4 is 11.0 Å². The van der Waals surface area contributed by atoms with Crippen LogP contribution in [0, 0.1) is 0 Å². The molecular weight excluding hydrogens is 568 g/mol. The van der Waals surface area contributed by atoms with Crippen LogP contribution in [0.25, 0.3) is 22.3 Å². The highest BCUT2D eigenvalue weighted by atomic mass is 16.7. The Hall–Kier alpha value is -3.71. The lowest BCUT2D eigenvalue weighted by molar-refractivity contribution is -0.277. The smallest absolute Gasteiger partial charge is 0.229 e. The van der Waals surface area contributed by atoms with Crippen molar-refractivity contribution in [2.24, 2.45) is 0 Å². The molecule has 2 fully saturated rings. The van der Waals surface area contributed by atoms with E-state index in [4.69, 9.17) is 23.4 Å². The van der Waals surface area contributed by atoms with Gasteiger partial charge in [-0.15, -0.1) is 0 Å². The van der Waals surface area contributed by atoms with Gasteiger partial charge in [-0.25, -0.2) is 0 Å². The number of aliphatic hydroxyl groups excluding tert-OH is 7. The number of phenols is 3. The molecule has 9 atom stereocenters. The molecule has 0 spiro atoms. The van der Waals surface area contributed by atoms with Gasteiger partial charge in [-0.3, -0.25) is 4.79 Å². The van der Waals surface area contributed by atoms with Gasteiger partial charge in [0.05, 0.1) is 13.2 Å². The SMILES string of the molecule is O=c1cc(-c2ccc(O)cc2)oc2c(O[C@@H]3O[C@H](CO)[C@@H](O)[C@@H](O)[C@H]3O)c(O)c(O[C@@H]3OC[C@@H](O)[C@@H](O)[C@H]3O)c(O)c12. The number of hydrogen-bond acceptors (Lipinski definition) is 16. The van der Waals surface area contributed by atoms with Gasteiger partial charge >= 0.3 is 0 Å². The molecule has 10 N–H and O–H groups in total. The zero-order valence-corrected chi connectivity index (χ0v) is 21.4. The molecule has 3 aromatic rings. The highest BCUT2D eigenvalue weighted by molar-refractivity contribution is 5.95. The molecule has 1 aromatic heterocycles. The quantitative estimate of drug-likeness (QED) is 0.142. The third-order valence-electron chi connectivity index (χ3n) is 6.96. The minimum atomic E-state index is -1.97. The first kappa shape index (κ1) is 29.8. The molecule has 0 unspecified atom stereocenters. The summed E-state index contributed by atoms with van der Waals surface area (Å²) in [6.07, 6.45) is -15.8. The van der Waals surface area contributed by atoms with E-state index in [1.807, 2.05) is 0 Å². The first-order valence-electron chi connectivity index (χ1n) is 12.6. The van der Waals surface area contributed by atoms with Crippen LogP contribution in [-0.4, -0.2) is 120 Å². The van der Waals surface area contributed by atoms with Crippen molar-refractivity contribution in [2.75, 3.05) is 13.2 Å². The monoisotopic (exact) mass is 596 g/mol. The van der Waals surface area contributed by atoms with Gasteiger partial charge in [-0.1, -0.05) is 0 Å². The number of phenolic OH excluding ortho intramolecular Hbond substituents is 3. The highest BCUT2D eigenvalue weighted by Gasteiger charge is 2.46. The maximum Gasteiger partial charge on any atom is 0.229 e. The summed E-state index contributed by atoms with van der Waals surface area (Å²) in [5, 5.41) is 102. The van der Waals surface area contributed by atoms with Gasteiger partial charge in [-0.2, -0.15) is 0 Å². The van der Waals surface area contributed by atoms with Gasteiger partial charge in [0.1, 0.15) is 59.6 Å². The molecule has 0 amide bonds. The molecule has 0 saturated carbocycles. The molecule has 5 rings (SSSR count). The standard InChI is InChI=1S/C26H28O16/c27-6-13-16(32)18(34)20(36)26(40-13)42-24-21(37)23(41-25-19(35)15(31)11(30)7-38-25)17(33)14-10(29)5-12(39-22(14)24)8-1-3-9(28)4-2-8/h1-5,11,13,15-16,18-20,25-28,30-37H,6-7H2/t11-,13-,15-,16-,18-,19-,20-,25+,26+/m1/s1. The number of rotatable bonds is 6. The maximum absolute atomic E-state index is 13.3. The van der Waals surface area contributed by atoms with E-state index in [-0.39, 0.29) is 17.1 Å². The van der Waals surface area contributed by atoms with E-state index in [2.05, 4.69) is 0 Å². The number of benzene rings is 2. The summed E-state index contributed by atoms with van der Waals surface area (Å²) in [4.78, 5) is 13.3. The molecule has 0 aliphatic carbocycles. The Balaban J connectivity index is 1.66. The second-order valence-corrected chi connectivity index (χ2v) is 9.76. The van der Waals surface area contributed by atoms with Crippen molar-refractivity contribution in [2.45, 2.75) is 55.3 Å². The first-order valence-corrected chi connectivity index (χ1v) is 12.6. The lowest BCUT2D eigenvalue weighted by atomic mass is 9.99. The predicted molar refractivity (Wildman–Crippen MR) is 136 cm³/mol. The van der Waals surface area contributed by atoms with Crippen molar-refractivity contribution in [3.05, 3.63) is 40.6 Å². The second-order valence-electron chi connectivity index (χ2n) is 9.76. The Morgan fingerprint density at radius 2 is 1.43 bits per heavy atom. The van der Waals surface area contributed by atoms with Crippen LogP contribution in [-0.2, 0) is 9.47 Å². The zero-order valence-electron chi connectivity index (χ0n) is 21.4. The average molecular weight is 596 g/mol. The molecule has 2 saturated heterocycles. The number of hydrogen-bond donors (Lipinski definition) is 10. The number of aliphatic hydroxyl groups is 7. The number of aromatic hydroxyl groups is 3. The fourth-order valence-corrected chi connectivity index (χ4v) is 4.58. The molecule has 2 aliphatic heterocycles. The van der Waals surface area contributed by atoms with Crippen LogP contribution in [0.4, 0.5) is 0 Å². The van der Waals surface area contributed by atoms with Crippen LogP contribution >= 0.6 is 0 Å². The van der Waals surface area contributed by atoms with Crippen LogP contribution in [0.2, 0.25) is 0 Å². The maximum atomic E-state index is 13.3. The van der Waals surface area contributed by atoms with Gasteiger partial charge in [0.15, 0.2) is 16.8 Å². The number of fused-ring (bicyclic) bond motifs is 1. The van der Waals surface area contributed by atoms with Gasteiger partial charge in [0.2, 0.25) is 29.8 Å². The fraction of sp³-hybridized carbons (Fsp3) is 0.423. The topological polar surface area (TPSA) is 269 Å². The summed E-state index contributed by atoms with van der Waals surface area (Å²) in [5.41, 5.74) is -1.23. The lowest BCUT2D eigenvalue weighted by Gasteiger charge is -2.39. The Labute approximate surface area is 235 Å². The molecule has 3 heterocycles. The largest absolute Gasteiger partial charge is 0.508 e. The molecule has 2 aromatic carbocycles. The van der Waals surface area contributed by atoms with Crippen LogP contribution < -0.4 is 14.9 Å². The average Bonchev–Trinajstić information content (AvgIpc) is 2.97. The van der Waals surface area contributed by atoms with Crippen molar-refractivity contribution in [1.29, 1.82) is 0 Å². The Morgan fingerprint density at radius 1 is 0.786 bits per heavy atom. The van der Waals surface area contributed by atoms with E-state index < -0.39 is 108 Å².